The number of carbonyl (C=O) groups excluding carboxylic acids is 1. The first-order chi connectivity index (χ1) is 8.73. The lowest BCUT2D eigenvalue weighted by atomic mass is 9.90. The highest BCUT2D eigenvalue weighted by Crippen LogP contribution is 2.27. The summed E-state index contributed by atoms with van der Waals surface area (Å²) in [6, 6.07) is 0.0899. The molecule has 0 saturated carbocycles. The maximum Gasteiger partial charge on any atom is 0.315 e. The normalized spacial score (nSPS) is 11.4. The molecule has 1 aromatic heterocycles. The van der Waals surface area contributed by atoms with Gasteiger partial charge in [-0.05, 0) is 27.7 Å². The van der Waals surface area contributed by atoms with Gasteiger partial charge in [-0.3, -0.25) is 9.59 Å². The van der Waals surface area contributed by atoms with E-state index >= 15 is 0 Å². The number of carbonyl (C=O) groups is 2. The molecule has 19 heavy (non-hydrogen) atoms. The van der Waals surface area contributed by atoms with Gasteiger partial charge in [-0.1, -0.05) is 0 Å². The fourth-order valence-corrected chi connectivity index (χ4v) is 2.16. The topological polar surface area (TPSA) is 91.3 Å². The maximum absolute atomic E-state index is 11.4. The van der Waals surface area contributed by atoms with Gasteiger partial charge in [0.2, 0.25) is 5.91 Å². The summed E-state index contributed by atoms with van der Waals surface area (Å²) in [4.78, 5) is 26.7. The van der Waals surface area contributed by atoms with E-state index in [1.54, 1.807) is 19.2 Å². The molecule has 3 N–H and O–H groups in total. The summed E-state index contributed by atoms with van der Waals surface area (Å²) in [6.07, 6.45) is 0. The number of anilines is 1. The Bertz CT molecular complexity index is 469. The molecule has 0 aliphatic heterocycles. The van der Waals surface area contributed by atoms with Crippen molar-refractivity contribution >= 4 is 28.3 Å². The van der Waals surface area contributed by atoms with Crippen molar-refractivity contribution in [3.8, 4) is 0 Å². The number of carboxylic acids is 1. The molecule has 0 aliphatic rings. The van der Waals surface area contributed by atoms with Crippen molar-refractivity contribution in [2.24, 2.45) is 0 Å². The van der Waals surface area contributed by atoms with E-state index in [9.17, 15) is 9.59 Å². The monoisotopic (exact) mass is 285 g/mol. The highest BCUT2D eigenvalue weighted by atomic mass is 32.1. The predicted molar refractivity (Wildman–Crippen MR) is 74.5 cm³/mol. The Labute approximate surface area is 116 Å². The summed E-state index contributed by atoms with van der Waals surface area (Å²) < 4.78 is 0. The lowest BCUT2D eigenvalue weighted by Gasteiger charge is -2.15. The third-order valence-corrected chi connectivity index (χ3v) is 3.33. The van der Waals surface area contributed by atoms with Gasteiger partial charge in [0.15, 0.2) is 5.13 Å². The Hall–Kier alpha value is -1.63. The molecule has 1 amide bonds. The van der Waals surface area contributed by atoms with Crippen LogP contribution in [0.15, 0.2) is 5.38 Å². The zero-order chi connectivity index (χ0) is 14.6. The molecular weight excluding hydrogens is 266 g/mol. The van der Waals surface area contributed by atoms with Gasteiger partial charge in [0, 0.05) is 11.4 Å². The SMILES string of the molecule is CC(C)NC(=O)CNc1nc(C(C)(C)C(=O)O)cs1. The van der Waals surface area contributed by atoms with E-state index < -0.39 is 11.4 Å². The number of thiazole rings is 1. The van der Waals surface area contributed by atoms with Gasteiger partial charge in [0.05, 0.1) is 12.2 Å². The van der Waals surface area contributed by atoms with Crippen LogP contribution in [-0.4, -0.2) is 34.6 Å². The largest absolute Gasteiger partial charge is 0.481 e. The van der Waals surface area contributed by atoms with E-state index in [0.29, 0.717) is 10.8 Å². The zero-order valence-electron chi connectivity index (χ0n) is 11.5. The van der Waals surface area contributed by atoms with Gasteiger partial charge in [0.1, 0.15) is 5.41 Å². The predicted octanol–water partition coefficient (Wildman–Crippen LogP) is 1.44. The summed E-state index contributed by atoms with van der Waals surface area (Å²) in [6.45, 7) is 7.08. The molecule has 1 rings (SSSR count). The number of amides is 1. The molecule has 0 bridgehead atoms. The first-order valence-corrected chi connectivity index (χ1v) is 6.84. The van der Waals surface area contributed by atoms with Gasteiger partial charge in [-0.15, -0.1) is 11.3 Å². The van der Waals surface area contributed by atoms with Crippen molar-refractivity contribution in [3.05, 3.63) is 11.1 Å². The molecule has 0 fully saturated rings. The highest BCUT2D eigenvalue weighted by molar-refractivity contribution is 7.13. The second-order valence-electron chi connectivity index (χ2n) is 5.04. The Morgan fingerprint density at radius 1 is 1.47 bits per heavy atom. The summed E-state index contributed by atoms with van der Waals surface area (Å²) in [5, 5.41) is 17.0. The highest BCUT2D eigenvalue weighted by Gasteiger charge is 2.32. The van der Waals surface area contributed by atoms with Crippen molar-refractivity contribution in [3.63, 3.8) is 0 Å². The van der Waals surface area contributed by atoms with Crippen LogP contribution in [0.4, 0.5) is 5.13 Å². The number of rotatable bonds is 6. The molecular formula is C12H19N3O3S. The molecule has 106 valence electrons. The average Bonchev–Trinajstić information content (AvgIpc) is 2.74. The first kappa shape index (κ1) is 15.4. The second-order valence-corrected chi connectivity index (χ2v) is 5.90. The van der Waals surface area contributed by atoms with Crippen LogP contribution in [0.25, 0.3) is 0 Å². The van der Waals surface area contributed by atoms with Crippen molar-refractivity contribution in [2.45, 2.75) is 39.2 Å². The van der Waals surface area contributed by atoms with Crippen LogP contribution in [0.2, 0.25) is 0 Å². The van der Waals surface area contributed by atoms with E-state index in [4.69, 9.17) is 5.11 Å². The van der Waals surface area contributed by atoms with E-state index in [1.165, 1.54) is 11.3 Å². The van der Waals surface area contributed by atoms with Crippen molar-refractivity contribution in [1.29, 1.82) is 0 Å². The van der Waals surface area contributed by atoms with Crippen LogP contribution in [0, 0.1) is 0 Å². The first-order valence-electron chi connectivity index (χ1n) is 5.96. The number of aromatic nitrogens is 1. The Morgan fingerprint density at radius 3 is 2.63 bits per heavy atom. The lowest BCUT2D eigenvalue weighted by molar-refractivity contribution is -0.142. The summed E-state index contributed by atoms with van der Waals surface area (Å²) in [5.41, 5.74) is -0.548. The molecule has 7 heteroatoms. The van der Waals surface area contributed by atoms with E-state index in [-0.39, 0.29) is 18.5 Å². The molecule has 1 aromatic rings. The quantitative estimate of drug-likeness (QED) is 0.735. The molecule has 6 nitrogen and oxygen atoms in total. The fraction of sp³-hybridized carbons (Fsp3) is 0.583. The number of aliphatic carboxylic acids is 1. The van der Waals surface area contributed by atoms with Crippen molar-refractivity contribution in [2.75, 3.05) is 11.9 Å². The fourth-order valence-electron chi connectivity index (χ4n) is 1.28. The summed E-state index contributed by atoms with van der Waals surface area (Å²) in [5.74, 6) is -1.05. The van der Waals surface area contributed by atoms with Crippen molar-refractivity contribution < 1.29 is 14.7 Å². The van der Waals surface area contributed by atoms with E-state index in [0.717, 1.165) is 0 Å². The van der Waals surface area contributed by atoms with Crippen molar-refractivity contribution in [1.82, 2.24) is 10.3 Å². The van der Waals surface area contributed by atoms with Gasteiger partial charge < -0.3 is 15.7 Å². The number of hydrogen-bond donors (Lipinski definition) is 3. The molecule has 0 saturated heterocycles. The molecule has 0 radical (unpaired) electrons. The van der Waals surface area contributed by atoms with Crippen LogP contribution < -0.4 is 10.6 Å². The second kappa shape index (κ2) is 6.01. The Balaban J connectivity index is 2.61. The van der Waals surface area contributed by atoms with E-state index in [1.807, 2.05) is 13.8 Å². The van der Waals surface area contributed by atoms with E-state index in [2.05, 4.69) is 15.6 Å². The Morgan fingerprint density at radius 2 is 2.11 bits per heavy atom. The minimum atomic E-state index is -1.03. The van der Waals surface area contributed by atoms with Crippen LogP contribution in [0.1, 0.15) is 33.4 Å². The third kappa shape index (κ3) is 4.20. The number of nitrogens with one attached hydrogen (secondary N) is 2. The standard InChI is InChI=1S/C12H19N3O3S/c1-7(2)14-9(16)5-13-11-15-8(6-19-11)12(3,4)10(17)18/h6-7H,5H2,1-4H3,(H,13,15)(H,14,16)(H,17,18). The Kier molecular flexibility index (Phi) is 4.88. The average molecular weight is 285 g/mol. The minimum Gasteiger partial charge on any atom is -0.481 e. The molecule has 0 spiro atoms. The molecule has 0 aliphatic carbocycles. The van der Waals surface area contributed by atoms with Crippen LogP contribution in [-0.2, 0) is 15.0 Å². The lowest BCUT2D eigenvalue weighted by Crippen LogP contribution is -2.34. The van der Waals surface area contributed by atoms with Gasteiger partial charge in [0.25, 0.3) is 0 Å². The van der Waals surface area contributed by atoms with Gasteiger partial charge in [-0.2, -0.15) is 0 Å². The van der Waals surface area contributed by atoms with Crippen LogP contribution in [0.5, 0.6) is 0 Å². The smallest absolute Gasteiger partial charge is 0.315 e. The number of hydrogen-bond acceptors (Lipinski definition) is 5. The maximum atomic E-state index is 11.4. The zero-order valence-corrected chi connectivity index (χ0v) is 12.3. The molecule has 1 heterocycles. The summed E-state index contributed by atoms with van der Waals surface area (Å²) >= 11 is 1.29. The van der Waals surface area contributed by atoms with Crippen LogP contribution in [0.3, 0.4) is 0 Å². The molecule has 0 aromatic carbocycles. The minimum absolute atomic E-state index is 0.0899. The van der Waals surface area contributed by atoms with Crippen LogP contribution >= 0.6 is 11.3 Å². The molecule has 0 atom stereocenters. The third-order valence-electron chi connectivity index (χ3n) is 2.53. The van der Waals surface area contributed by atoms with Gasteiger partial charge in [-0.25, -0.2) is 4.98 Å². The van der Waals surface area contributed by atoms with Gasteiger partial charge >= 0.3 is 5.97 Å². The number of nitrogens with zero attached hydrogens (tertiary/aromatic N) is 1. The molecule has 0 unspecified atom stereocenters. The number of carboxylic acid groups (broad SMARTS) is 1. The summed E-state index contributed by atoms with van der Waals surface area (Å²) in [7, 11) is 0.